The summed E-state index contributed by atoms with van der Waals surface area (Å²) in [5.74, 6) is -0.775. The molecule has 5 rings (SSSR count). The molecule has 2 aliphatic rings. The molecule has 0 bridgehead atoms. The molecule has 1 aromatic carbocycles. The molecule has 36 heavy (non-hydrogen) atoms. The standard InChI is InChI=1S/C24H28F3N5O3S/c1-11-17(21-31-14-7-5-6-8-16(14)36-21)20(32-22(29-11)28-10-24(25,26)27)30-15-9-13(12(2)33)18-19(15)35-23(3,4)34-18/h5-8,12-13,15,18-19,33H,9-10H2,1-4H3,(H2,28,29,30,32). The first-order chi connectivity index (χ1) is 16.9. The molecule has 5 atom stereocenters. The van der Waals surface area contributed by atoms with E-state index in [-0.39, 0.29) is 30.1 Å². The Morgan fingerprint density at radius 3 is 2.58 bits per heavy atom. The molecule has 3 heterocycles. The number of alkyl halides is 3. The molecule has 0 spiro atoms. The van der Waals surface area contributed by atoms with E-state index in [0.717, 1.165) is 10.2 Å². The minimum Gasteiger partial charge on any atom is -0.393 e. The molecule has 3 aromatic rings. The molecule has 0 amide bonds. The van der Waals surface area contributed by atoms with Gasteiger partial charge in [-0.15, -0.1) is 11.3 Å². The van der Waals surface area contributed by atoms with Crippen LogP contribution in [-0.4, -0.2) is 62.9 Å². The minimum absolute atomic E-state index is 0.136. The van der Waals surface area contributed by atoms with E-state index >= 15 is 0 Å². The number of fused-ring (bicyclic) bond motifs is 2. The van der Waals surface area contributed by atoms with Gasteiger partial charge in [-0.05, 0) is 46.2 Å². The maximum Gasteiger partial charge on any atom is 0.405 e. The molecule has 2 fully saturated rings. The largest absolute Gasteiger partial charge is 0.405 e. The molecule has 1 saturated carbocycles. The van der Waals surface area contributed by atoms with Crippen LogP contribution in [0.15, 0.2) is 24.3 Å². The molecular formula is C24H28F3N5O3S. The summed E-state index contributed by atoms with van der Waals surface area (Å²) < 4.78 is 51.9. The lowest BCUT2D eigenvalue weighted by molar-refractivity contribution is -0.161. The Labute approximate surface area is 210 Å². The van der Waals surface area contributed by atoms with E-state index in [4.69, 9.17) is 14.5 Å². The van der Waals surface area contributed by atoms with E-state index in [1.54, 1.807) is 13.8 Å². The van der Waals surface area contributed by atoms with E-state index < -0.39 is 24.6 Å². The van der Waals surface area contributed by atoms with Crippen molar-refractivity contribution in [2.24, 2.45) is 5.92 Å². The number of anilines is 2. The summed E-state index contributed by atoms with van der Waals surface area (Å²) in [4.78, 5) is 13.5. The Kier molecular flexibility index (Phi) is 6.34. The van der Waals surface area contributed by atoms with Gasteiger partial charge in [-0.25, -0.2) is 9.97 Å². The van der Waals surface area contributed by atoms with Crippen molar-refractivity contribution < 1.29 is 27.8 Å². The number of halogens is 3. The summed E-state index contributed by atoms with van der Waals surface area (Å²) in [5.41, 5.74) is 1.91. The highest BCUT2D eigenvalue weighted by Crippen LogP contribution is 2.45. The van der Waals surface area contributed by atoms with Crippen molar-refractivity contribution >= 4 is 33.3 Å². The molecule has 8 nitrogen and oxygen atoms in total. The van der Waals surface area contributed by atoms with Crippen molar-refractivity contribution in [2.45, 2.75) is 70.4 Å². The third kappa shape index (κ3) is 4.99. The Bertz CT molecular complexity index is 1230. The third-order valence-corrected chi connectivity index (χ3v) is 7.55. The van der Waals surface area contributed by atoms with Crippen molar-refractivity contribution in [3.05, 3.63) is 30.0 Å². The number of ether oxygens (including phenoxy) is 2. The van der Waals surface area contributed by atoms with Crippen molar-refractivity contribution in [2.75, 3.05) is 17.2 Å². The maximum atomic E-state index is 12.9. The highest BCUT2D eigenvalue weighted by molar-refractivity contribution is 7.21. The van der Waals surface area contributed by atoms with Crippen LogP contribution in [0.5, 0.6) is 0 Å². The quantitative estimate of drug-likeness (QED) is 0.426. The first-order valence-electron chi connectivity index (χ1n) is 11.8. The molecule has 194 valence electrons. The second kappa shape index (κ2) is 9.09. The van der Waals surface area contributed by atoms with Crippen molar-refractivity contribution in [1.29, 1.82) is 0 Å². The Morgan fingerprint density at radius 2 is 1.89 bits per heavy atom. The summed E-state index contributed by atoms with van der Waals surface area (Å²) in [7, 11) is 0. The first-order valence-corrected chi connectivity index (χ1v) is 12.6. The second-order valence-electron chi connectivity index (χ2n) is 9.77. The van der Waals surface area contributed by atoms with E-state index in [1.807, 2.05) is 38.1 Å². The molecular weight excluding hydrogens is 495 g/mol. The smallest absolute Gasteiger partial charge is 0.393 e. The number of hydrogen-bond donors (Lipinski definition) is 3. The SMILES string of the molecule is Cc1nc(NCC(F)(F)F)nc(NC2CC(C(C)O)C3OC(C)(C)OC23)c1-c1nc2ccccc2s1. The van der Waals surface area contributed by atoms with E-state index in [0.29, 0.717) is 28.5 Å². The van der Waals surface area contributed by atoms with Crippen LogP contribution in [0.2, 0.25) is 0 Å². The lowest BCUT2D eigenvalue weighted by atomic mass is 9.99. The van der Waals surface area contributed by atoms with Crippen LogP contribution in [-0.2, 0) is 9.47 Å². The number of benzene rings is 1. The minimum atomic E-state index is -4.42. The van der Waals surface area contributed by atoms with Crippen LogP contribution < -0.4 is 10.6 Å². The number of aliphatic hydroxyl groups is 1. The Morgan fingerprint density at radius 1 is 1.17 bits per heavy atom. The van der Waals surface area contributed by atoms with Crippen molar-refractivity contribution in [3.63, 3.8) is 0 Å². The number of rotatable bonds is 6. The first kappa shape index (κ1) is 25.1. The van der Waals surface area contributed by atoms with Gasteiger partial charge >= 0.3 is 6.18 Å². The molecule has 1 aliphatic carbocycles. The third-order valence-electron chi connectivity index (χ3n) is 6.49. The lowest BCUT2D eigenvalue weighted by Crippen LogP contribution is -2.35. The van der Waals surface area contributed by atoms with Gasteiger partial charge in [0.25, 0.3) is 0 Å². The van der Waals surface area contributed by atoms with Gasteiger partial charge in [0.1, 0.15) is 23.5 Å². The average molecular weight is 524 g/mol. The molecule has 1 saturated heterocycles. The number of aryl methyl sites for hydroxylation is 1. The van der Waals surface area contributed by atoms with Crippen LogP contribution in [0.25, 0.3) is 20.8 Å². The maximum absolute atomic E-state index is 12.9. The molecule has 2 aromatic heterocycles. The van der Waals surface area contributed by atoms with Crippen LogP contribution in [0, 0.1) is 12.8 Å². The highest BCUT2D eigenvalue weighted by Gasteiger charge is 2.55. The number of hydrogen-bond acceptors (Lipinski definition) is 9. The monoisotopic (exact) mass is 523 g/mol. The summed E-state index contributed by atoms with van der Waals surface area (Å²) in [6.45, 7) is 5.83. The van der Waals surface area contributed by atoms with Crippen LogP contribution in [0.3, 0.4) is 0 Å². The number of aromatic nitrogens is 3. The highest BCUT2D eigenvalue weighted by atomic mass is 32.1. The number of aliphatic hydroxyl groups excluding tert-OH is 1. The lowest BCUT2D eigenvalue weighted by Gasteiger charge is -2.26. The zero-order valence-corrected chi connectivity index (χ0v) is 21.1. The van der Waals surface area contributed by atoms with Gasteiger partial charge in [0.15, 0.2) is 5.79 Å². The Balaban J connectivity index is 1.54. The van der Waals surface area contributed by atoms with Gasteiger partial charge in [-0.2, -0.15) is 18.2 Å². The van der Waals surface area contributed by atoms with Gasteiger partial charge in [0.2, 0.25) is 5.95 Å². The normalized spacial score (nSPS) is 26.2. The fraction of sp³-hybridized carbons (Fsp3) is 0.542. The predicted molar refractivity (Wildman–Crippen MR) is 131 cm³/mol. The van der Waals surface area contributed by atoms with Crippen LogP contribution >= 0.6 is 11.3 Å². The number of nitrogens with one attached hydrogen (secondary N) is 2. The molecule has 12 heteroatoms. The van der Waals surface area contributed by atoms with Gasteiger partial charge in [-0.1, -0.05) is 12.1 Å². The van der Waals surface area contributed by atoms with E-state index in [2.05, 4.69) is 20.6 Å². The van der Waals surface area contributed by atoms with Gasteiger partial charge in [0, 0.05) is 5.92 Å². The Hall–Kier alpha value is -2.54. The van der Waals surface area contributed by atoms with E-state index in [1.165, 1.54) is 11.3 Å². The zero-order chi connectivity index (χ0) is 25.8. The van der Waals surface area contributed by atoms with Crippen LogP contribution in [0.4, 0.5) is 24.9 Å². The second-order valence-corrected chi connectivity index (χ2v) is 10.8. The number of thiazole rings is 1. The van der Waals surface area contributed by atoms with Gasteiger partial charge < -0.3 is 25.2 Å². The fourth-order valence-corrected chi connectivity index (χ4v) is 6.04. The predicted octanol–water partition coefficient (Wildman–Crippen LogP) is 4.74. The van der Waals surface area contributed by atoms with Crippen molar-refractivity contribution in [1.82, 2.24) is 15.0 Å². The number of nitrogens with zero attached hydrogens (tertiary/aromatic N) is 3. The summed E-state index contributed by atoms with van der Waals surface area (Å²) in [6, 6.07) is 7.38. The molecule has 1 aliphatic heterocycles. The van der Waals surface area contributed by atoms with Gasteiger partial charge in [0.05, 0.1) is 39.7 Å². The summed E-state index contributed by atoms with van der Waals surface area (Å²) in [5, 5.41) is 16.7. The van der Waals surface area contributed by atoms with E-state index in [9.17, 15) is 18.3 Å². The average Bonchev–Trinajstić information content (AvgIpc) is 3.42. The summed E-state index contributed by atoms with van der Waals surface area (Å²) >= 11 is 1.46. The molecule has 5 unspecified atom stereocenters. The number of para-hydroxylation sites is 1. The fourth-order valence-electron chi connectivity index (χ4n) is 4.98. The summed E-state index contributed by atoms with van der Waals surface area (Å²) in [6.07, 6.45) is -5.20. The van der Waals surface area contributed by atoms with Crippen LogP contribution in [0.1, 0.15) is 32.9 Å². The zero-order valence-electron chi connectivity index (χ0n) is 20.3. The topological polar surface area (TPSA) is 101 Å². The molecule has 3 N–H and O–H groups in total. The molecule has 0 radical (unpaired) electrons. The van der Waals surface area contributed by atoms with Crippen molar-refractivity contribution in [3.8, 4) is 10.6 Å². The van der Waals surface area contributed by atoms with Gasteiger partial charge in [-0.3, -0.25) is 0 Å².